The monoisotopic (exact) mass is 496 g/mol. The number of carbonyl (C=O) groups is 1. The van der Waals surface area contributed by atoms with E-state index in [-0.39, 0.29) is 17.6 Å². The normalized spacial score (nSPS) is 26.2. The molecule has 0 heterocycles. The van der Waals surface area contributed by atoms with Gasteiger partial charge in [0, 0.05) is 30.0 Å². The number of aliphatic hydroxyl groups is 1. The first-order valence-electron chi connectivity index (χ1n) is 12.8. The highest BCUT2D eigenvalue weighted by Gasteiger charge is 2.55. The molecule has 0 radical (unpaired) electrons. The Kier molecular flexibility index (Phi) is 6.63. The molecule has 5 heteroatoms. The van der Waals surface area contributed by atoms with Crippen molar-refractivity contribution in [2.75, 3.05) is 6.54 Å². The van der Waals surface area contributed by atoms with E-state index in [0.29, 0.717) is 31.5 Å². The molecule has 3 atom stereocenters. The number of halogens is 1. The fraction of sp³-hybridized carbons (Fsp3) is 0.312. The van der Waals surface area contributed by atoms with Gasteiger partial charge in [0.1, 0.15) is 11.5 Å². The van der Waals surface area contributed by atoms with Gasteiger partial charge >= 0.3 is 0 Å². The second kappa shape index (κ2) is 9.75. The number of fused-ring (bicyclic) bond motifs is 1. The van der Waals surface area contributed by atoms with Crippen molar-refractivity contribution in [3.63, 3.8) is 0 Å². The van der Waals surface area contributed by atoms with Crippen LogP contribution in [0.3, 0.4) is 0 Å². The molecule has 0 spiro atoms. The SMILES string of the molecule is C=CCNC(=O)c1ccccc1CN[C@]1(O)CCC2=CC3=C(C=C=C(C)C3c3ccc(F)cc3)CC21C. The van der Waals surface area contributed by atoms with Gasteiger partial charge in [-0.25, -0.2) is 4.39 Å². The van der Waals surface area contributed by atoms with Gasteiger partial charge in [-0.05, 0) is 78.3 Å². The van der Waals surface area contributed by atoms with E-state index in [1.165, 1.54) is 23.3 Å². The van der Waals surface area contributed by atoms with E-state index in [1.807, 2.05) is 36.4 Å². The number of nitrogens with one attached hydrogen (secondary N) is 2. The molecule has 2 unspecified atom stereocenters. The average Bonchev–Trinajstić information content (AvgIpc) is 3.15. The quantitative estimate of drug-likeness (QED) is 0.256. The van der Waals surface area contributed by atoms with Crippen molar-refractivity contribution in [1.29, 1.82) is 0 Å². The van der Waals surface area contributed by atoms with Crippen LogP contribution < -0.4 is 10.6 Å². The van der Waals surface area contributed by atoms with Crippen LogP contribution in [0.25, 0.3) is 0 Å². The highest BCUT2D eigenvalue weighted by atomic mass is 19.1. The summed E-state index contributed by atoms with van der Waals surface area (Å²) in [7, 11) is 0. The minimum absolute atomic E-state index is 0.0280. The zero-order valence-corrected chi connectivity index (χ0v) is 21.4. The first-order valence-corrected chi connectivity index (χ1v) is 12.8. The van der Waals surface area contributed by atoms with Crippen LogP contribution in [0.1, 0.15) is 60.5 Å². The number of hydrogen-bond donors (Lipinski definition) is 3. The van der Waals surface area contributed by atoms with Crippen molar-refractivity contribution in [3.8, 4) is 0 Å². The number of carbonyl (C=O) groups excluding carboxylic acids is 1. The van der Waals surface area contributed by atoms with Gasteiger partial charge in [0.2, 0.25) is 0 Å². The molecule has 0 saturated heterocycles. The summed E-state index contributed by atoms with van der Waals surface area (Å²) in [6, 6.07) is 14.2. The van der Waals surface area contributed by atoms with E-state index in [1.54, 1.807) is 12.1 Å². The zero-order valence-electron chi connectivity index (χ0n) is 21.4. The molecule has 3 aliphatic rings. The minimum atomic E-state index is -1.13. The van der Waals surface area contributed by atoms with Crippen molar-refractivity contribution in [1.82, 2.24) is 10.6 Å². The number of hydrogen-bond acceptors (Lipinski definition) is 3. The summed E-state index contributed by atoms with van der Waals surface area (Å²) in [5.74, 6) is -0.372. The zero-order chi connectivity index (χ0) is 26.2. The third-order valence-corrected chi connectivity index (χ3v) is 8.28. The van der Waals surface area contributed by atoms with E-state index < -0.39 is 11.1 Å². The van der Waals surface area contributed by atoms with Crippen LogP contribution >= 0.6 is 0 Å². The maximum atomic E-state index is 13.6. The molecule has 2 aromatic rings. The summed E-state index contributed by atoms with van der Waals surface area (Å²) >= 11 is 0. The van der Waals surface area contributed by atoms with Crippen LogP contribution in [0.4, 0.5) is 4.39 Å². The Morgan fingerprint density at radius 3 is 2.76 bits per heavy atom. The molecular weight excluding hydrogens is 463 g/mol. The Bertz CT molecular complexity index is 1380. The molecule has 0 bridgehead atoms. The predicted molar refractivity (Wildman–Crippen MR) is 144 cm³/mol. The number of rotatable bonds is 7. The fourth-order valence-corrected chi connectivity index (χ4v) is 6.07. The van der Waals surface area contributed by atoms with Gasteiger partial charge in [0.25, 0.3) is 5.91 Å². The second-order valence-corrected chi connectivity index (χ2v) is 10.5. The maximum Gasteiger partial charge on any atom is 0.251 e. The molecule has 0 aliphatic heterocycles. The van der Waals surface area contributed by atoms with Crippen molar-refractivity contribution in [2.24, 2.45) is 5.41 Å². The van der Waals surface area contributed by atoms with Crippen molar-refractivity contribution < 1.29 is 14.3 Å². The maximum absolute atomic E-state index is 13.6. The first-order chi connectivity index (χ1) is 17.8. The Morgan fingerprint density at radius 2 is 2.00 bits per heavy atom. The third-order valence-electron chi connectivity index (χ3n) is 8.28. The Morgan fingerprint density at radius 1 is 1.24 bits per heavy atom. The molecule has 3 aliphatic carbocycles. The standard InChI is InChI=1S/C32H33FN2O2/c1-4-17-34-30(36)27-8-6-5-7-24(27)20-35-32(37)16-15-25-18-28-23(19-31(25,32)3)10-9-21(2)29(28)22-11-13-26(33)14-12-22/h4-8,10-14,18,29,35,37H,1,15-17,19-20H2,2-3H3,(H,34,36)/t29?,31?,32-/m0/s1. The van der Waals surface area contributed by atoms with Crippen LogP contribution in [0.2, 0.25) is 0 Å². The van der Waals surface area contributed by atoms with Crippen LogP contribution in [-0.4, -0.2) is 23.3 Å². The Labute approximate surface area is 218 Å². The van der Waals surface area contributed by atoms with E-state index in [0.717, 1.165) is 28.7 Å². The fourth-order valence-electron chi connectivity index (χ4n) is 6.07. The van der Waals surface area contributed by atoms with Gasteiger partial charge in [-0.15, -0.1) is 12.3 Å². The highest BCUT2D eigenvalue weighted by Crippen LogP contribution is 2.57. The number of amides is 1. The Hall–Kier alpha value is -3.50. The summed E-state index contributed by atoms with van der Waals surface area (Å²) in [6.45, 7) is 8.61. The van der Waals surface area contributed by atoms with Gasteiger partial charge in [-0.1, -0.05) is 55.0 Å². The summed E-state index contributed by atoms with van der Waals surface area (Å²) in [4.78, 5) is 12.6. The van der Waals surface area contributed by atoms with Gasteiger partial charge in [-0.2, -0.15) is 0 Å². The van der Waals surface area contributed by atoms with Gasteiger partial charge < -0.3 is 10.4 Å². The lowest BCUT2D eigenvalue weighted by molar-refractivity contribution is -0.0709. The lowest BCUT2D eigenvalue weighted by Crippen LogP contribution is -2.54. The molecular formula is C32H33FN2O2. The predicted octanol–water partition coefficient (Wildman–Crippen LogP) is 5.85. The summed E-state index contributed by atoms with van der Waals surface area (Å²) in [6.07, 6.45) is 7.99. The van der Waals surface area contributed by atoms with E-state index >= 15 is 0 Å². The largest absolute Gasteiger partial charge is 0.375 e. The van der Waals surface area contributed by atoms with Gasteiger partial charge in [0.15, 0.2) is 0 Å². The van der Waals surface area contributed by atoms with Gasteiger partial charge in [0.05, 0.1) is 0 Å². The minimum Gasteiger partial charge on any atom is -0.375 e. The van der Waals surface area contributed by atoms with E-state index in [2.05, 4.69) is 42.9 Å². The first kappa shape index (κ1) is 25.2. The molecule has 4 nitrogen and oxygen atoms in total. The van der Waals surface area contributed by atoms with Crippen LogP contribution in [0.15, 0.2) is 101 Å². The van der Waals surface area contributed by atoms with Crippen molar-refractivity contribution >= 4 is 5.91 Å². The molecule has 5 rings (SSSR count). The molecule has 1 amide bonds. The smallest absolute Gasteiger partial charge is 0.251 e. The second-order valence-electron chi connectivity index (χ2n) is 10.5. The van der Waals surface area contributed by atoms with Crippen LogP contribution in [0.5, 0.6) is 0 Å². The molecule has 1 fully saturated rings. The van der Waals surface area contributed by atoms with Gasteiger partial charge in [-0.3, -0.25) is 10.1 Å². The molecule has 1 saturated carbocycles. The third kappa shape index (κ3) is 4.44. The number of allylic oxidation sites excluding steroid dienone is 4. The van der Waals surface area contributed by atoms with E-state index in [4.69, 9.17) is 0 Å². The topological polar surface area (TPSA) is 61.4 Å². The van der Waals surface area contributed by atoms with Crippen molar-refractivity contribution in [3.05, 3.63) is 124 Å². The average molecular weight is 497 g/mol. The van der Waals surface area contributed by atoms with E-state index in [9.17, 15) is 14.3 Å². The molecule has 37 heavy (non-hydrogen) atoms. The molecule has 3 N–H and O–H groups in total. The summed E-state index contributed by atoms with van der Waals surface area (Å²) in [5, 5.41) is 18.2. The number of benzene rings is 2. The van der Waals surface area contributed by atoms with Crippen LogP contribution in [-0.2, 0) is 6.54 Å². The highest BCUT2D eigenvalue weighted by molar-refractivity contribution is 5.95. The lowest BCUT2D eigenvalue weighted by atomic mass is 9.66. The molecule has 2 aromatic carbocycles. The summed E-state index contributed by atoms with van der Waals surface area (Å²) < 4.78 is 13.6. The molecule has 190 valence electrons. The molecule has 0 aromatic heterocycles. The lowest BCUT2D eigenvalue weighted by Gasteiger charge is -2.44. The Balaban J connectivity index is 1.41. The van der Waals surface area contributed by atoms with Crippen LogP contribution in [0, 0.1) is 11.2 Å². The summed E-state index contributed by atoms with van der Waals surface area (Å²) in [5.41, 5.74) is 8.95. The van der Waals surface area contributed by atoms with Crippen molar-refractivity contribution in [2.45, 2.75) is 51.3 Å².